The lowest BCUT2D eigenvalue weighted by molar-refractivity contribution is 0.312. The maximum atomic E-state index is 12.1. The van der Waals surface area contributed by atoms with Crippen LogP contribution in [-0.4, -0.2) is 56.7 Å². The van der Waals surface area contributed by atoms with Gasteiger partial charge >= 0.3 is 0 Å². The molecule has 1 aromatic heterocycles. The Kier molecular flexibility index (Phi) is 5.39. The molecule has 0 radical (unpaired) electrons. The van der Waals surface area contributed by atoms with Crippen LogP contribution in [0.15, 0.2) is 24.3 Å². The van der Waals surface area contributed by atoms with Crippen LogP contribution in [0.4, 0.5) is 5.69 Å². The van der Waals surface area contributed by atoms with E-state index in [4.69, 9.17) is 4.74 Å². The van der Waals surface area contributed by atoms with Gasteiger partial charge < -0.3 is 9.64 Å². The molecular weight excluding hydrogens is 350 g/mol. The zero-order valence-electron chi connectivity index (χ0n) is 15.9. The molecule has 2 heterocycles. The monoisotopic (exact) mass is 377 g/mol. The van der Waals surface area contributed by atoms with Gasteiger partial charge in [-0.05, 0) is 38.8 Å². The van der Waals surface area contributed by atoms with E-state index >= 15 is 0 Å². The van der Waals surface area contributed by atoms with Crippen molar-refractivity contribution in [2.24, 2.45) is 0 Å². The Morgan fingerprint density at radius 1 is 1.31 bits per heavy atom. The zero-order chi connectivity index (χ0) is 18.9. The lowest BCUT2D eigenvalue weighted by Crippen LogP contribution is -2.46. The van der Waals surface area contributed by atoms with Crippen molar-refractivity contribution in [2.75, 3.05) is 37.9 Å². The quantitative estimate of drug-likeness (QED) is 0.802. The van der Waals surface area contributed by atoms with E-state index in [0.29, 0.717) is 0 Å². The lowest BCUT2D eigenvalue weighted by atomic mass is 10.0. The first-order valence-electron chi connectivity index (χ1n) is 9.02. The minimum atomic E-state index is -3.14. The van der Waals surface area contributed by atoms with E-state index in [-0.39, 0.29) is 11.8 Å². The number of sulfonamides is 1. The molecule has 1 aliphatic heterocycles. The van der Waals surface area contributed by atoms with Crippen LogP contribution in [0.3, 0.4) is 0 Å². The van der Waals surface area contributed by atoms with Gasteiger partial charge in [-0.15, -0.1) is 0 Å². The number of rotatable bonds is 5. The molecule has 0 atom stereocenters. The molecule has 0 spiro atoms. The SMILES string of the molecule is CCS(=O)(=O)N(C)C1CCN(c2cc(C)nc3c(OC)cccc23)CC1. The van der Waals surface area contributed by atoms with E-state index in [1.807, 2.05) is 19.1 Å². The summed E-state index contributed by atoms with van der Waals surface area (Å²) in [5, 5.41) is 1.07. The molecule has 3 rings (SSSR count). The number of piperidine rings is 1. The first kappa shape index (κ1) is 18.9. The molecule has 2 aromatic rings. The Hall–Kier alpha value is -1.86. The van der Waals surface area contributed by atoms with E-state index in [0.717, 1.165) is 54.0 Å². The summed E-state index contributed by atoms with van der Waals surface area (Å²) in [6, 6.07) is 8.15. The van der Waals surface area contributed by atoms with E-state index in [1.165, 1.54) is 0 Å². The summed E-state index contributed by atoms with van der Waals surface area (Å²) in [6.45, 7) is 5.33. The van der Waals surface area contributed by atoms with Gasteiger partial charge in [0.15, 0.2) is 0 Å². The van der Waals surface area contributed by atoms with Gasteiger partial charge in [0.25, 0.3) is 0 Å². The van der Waals surface area contributed by atoms with Gasteiger partial charge in [0.2, 0.25) is 10.0 Å². The number of hydrogen-bond donors (Lipinski definition) is 0. The van der Waals surface area contributed by atoms with Gasteiger partial charge in [-0.25, -0.2) is 17.7 Å². The van der Waals surface area contributed by atoms with Crippen LogP contribution in [0, 0.1) is 6.92 Å². The van der Waals surface area contributed by atoms with Crippen LogP contribution in [0.2, 0.25) is 0 Å². The van der Waals surface area contributed by atoms with E-state index in [1.54, 1.807) is 25.4 Å². The number of nitrogens with zero attached hydrogens (tertiary/aromatic N) is 3. The number of aryl methyl sites for hydroxylation is 1. The number of ether oxygens (including phenoxy) is 1. The molecule has 1 saturated heterocycles. The van der Waals surface area contributed by atoms with Crippen molar-refractivity contribution in [3.63, 3.8) is 0 Å². The second-order valence-electron chi connectivity index (χ2n) is 6.77. The molecule has 0 unspecified atom stereocenters. The van der Waals surface area contributed by atoms with Gasteiger partial charge in [0, 0.05) is 42.9 Å². The molecule has 1 aromatic carbocycles. The summed E-state index contributed by atoms with van der Waals surface area (Å²) in [6.07, 6.45) is 1.64. The van der Waals surface area contributed by atoms with Crippen molar-refractivity contribution in [1.29, 1.82) is 0 Å². The third kappa shape index (κ3) is 3.50. The van der Waals surface area contributed by atoms with Crippen molar-refractivity contribution in [3.8, 4) is 5.75 Å². The summed E-state index contributed by atoms with van der Waals surface area (Å²) in [7, 11) is 0.223. The summed E-state index contributed by atoms with van der Waals surface area (Å²) in [5.41, 5.74) is 2.97. The molecular formula is C19H27N3O3S. The largest absolute Gasteiger partial charge is 0.494 e. The smallest absolute Gasteiger partial charge is 0.213 e. The second-order valence-corrected chi connectivity index (χ2v) is 9.09. The molecule has 0 saturated carbocycles. The maximum absolute atomic E-state index is 12.1. The molecule has 26 heavy (non-hydrogen) atoms. The average Bonchev–Trinajstić information content (AvgIpc) is 2.66. The van der Waals surface area contributed by atoms with Crippen LogP contribution < -0.4 is 9.64 Å². The average molecular weight is 378 g/mol. The topological polar surface area (TPSA) is 62.7 Å². The number of methoxy groups -OCH3 is 1. The number of benzene rings is 1. The predicted octanol–water partition coefficient (Wildman–Crippen LogP) is 2.80. The highest BCUT2D eigenvalue weighted by molar-refractivity contribution is 7.89. The van der Waals surface area contributed by atoms with Crippen LogP contribution in [0.1, 0.15) is 25.5 Å². The molecule has 0 aliphatic carbocycles. The van der Waals surface area contributed by atoms with Crippen molar-refractivity contribution in [2.45, 2.75) is 32.7 Å². The third-order valence-corrected chi connectivity index (χ3v) is 7.16. The number of pyridine rings is 1. The number of fused-ring (bicyclic) bond motifs is 1. The van der Waals surface area contributed by atoms with Gasteiger partial charge in [-0.3, -0.25) is 0 Å². The summed E-state index contributed by atoms with van der Waals surface area (Å²) in [5.74, 6) is 0.925. The summed E-state index contributed by atoms with van der Waals surface area (Å²) < 4.78 is 31.3. The van der Waals surface area contributed by atoms with Crippen LogP contribution in [0.5, 0.6) is 5.75 Å². The van der Waals surface area contributed by atoms with Crippen LogP contribution >= 0.6 is 0 Å². The Balaban J connectivity index is 1.86. The number of aromatic nitrogens is 1. The summed E-state index contributed by atoms with van der Waals surface area (Å²) >= 11 is 0. The van der Waals surface area contributed by atoms with Gasteiger partial charge in [-0.1, -0.05) is 12.1 Å². The van der Waals surface area contributed by atoms with Crippen LogP contribution in [0.25, 0.3) is 10.9 Å². The van der Waals surface area contributed by atoms with Crippen LogP contribution in [-0.2, 0) is 10.0 Å². The summed E-state index contributed by atoms with van der Waals surface area (Å²) in [4.78, 5) is 6.98. The van der Waals surface area contributed by atoms with Gasteiger partial charge in [-0.2, -0.15) is 0 Å². The molecule has 0 amide bonds. The van der Waals surface area contributed by atoms with E-state index < -0.39 is 10.0 Å². The van der Waals surface area contributed by atoms with Gasteiger partial charge in [0.1, 0.15) is 11.3 Å². The predicted molar refractivity (Wildman–Crippen MR) is 105 cm³/mol. The Labute approximate surface area is 155 Å². The molecule has 6 nitrogen and oxygen atoms in total. The Bertz CT molecular complexity index is 890. The lowest BCUT2D eigenvalue weighted by Gasteiger charge is -2.37. The fraction of sp³-hybridized carbons (Fsp3) is 0.526. The normalized spacial score (nSPS) is 16.4. The minimum absolute atomic E-state index is 0.0694. The molecule has 0 N–H and O–H groups in total. The number of para-hydroxylation sites is 1. The number of anilines is 1. The van der Waals surface area contributed by atoms with Gasteiger partial charge in [0.05, 0.1) is 12.9 Å². The first-order chi connectivity index (χ1) is 12.4. The minimum Gasteiger partial charge on any atom is -0.494 e. The second kappa shape index (κ2) is 7.40. The molecule has 142 valence electrons. The molecule has 7 heteroatoms. The standard InChI is InChI=1S/C19H27N3O3S/c1-5-26(23,24)21(3)15-9-11-22(12-10-15)17-13-14(2)20-19-16(17)7-6-8-18(19)25-4/h6-8,13,15H,5,9-12H2,1-4H3. The van der Waals surface area contributed by atoms with Crippen molar-refractivity contribution in [3.05, 3.63) is 30.0 Å². The Morgan fingerprint density at radius 3 is 2.62 bits per heavy atom. The van der Waals surface area contributed by atoms with E-state index in [2.05, 4.69) is 22.0 Å². The fourth-order valence-electron chi connectivity index (χ4n) is 3.66. The maximum Gasteiger partial charge on any atom is 0.213 e. The molecule has 0 bridgehead atoms. The first-order valence-corrected chi connectivity index (χ1v) is 10.6. The van der Waals surface area contributed by atoms with Crippen molar-refractivity contribution < 1.29 is 13.2 Å². The molecule has 1 fully saturated rings. The highest BCUT2D eigenvalue weighted by Crippen LogP contribution is 2.34. The Morgan fingerprint density at radius 2 is 2.00 bits per heavy atom. The van der Waals surface area contributed by atoms with E-state index in [9.17, 15) is 8.42 Å². The van der Waals surface area contributed by atoms with Crippen molar-refractivity contribution >= 4 is 26.6 Å². The fourth-order valence-corrected chi connectivity index (χ4v) is 4.73. The molecule has 1 aliphatic rings. The zero-order valence-corrected chi connectivity index (χ0v) is 16.7. The highest BCUT2D eigenvalue weighted by Gasteiger charge is 2.29. The third-order valence-electron chi connectivity index (χ3n) is 5.25. The number of hydrogen-bond acceptors (Lipinski definition) is 5. The highest BCUT2D eigenvalue weighted by atomic mass is 32.2. The van der Waals surface area contributed by atoms with Crippen molar-refractivity contribution in [1.82, 2.24) is 9.29 Å².